The molecule has 7 nitrogen and oxygen atoms in total. The Labute approximate surface area is 163 Å². The van der Waals surface area contributed by atoms with Gasteiger partial charge in [-0.2, -0.15) is 4.68 Å². The second-order valence-electron chi connectivity index (χ2n) is 6.38. The van der Waals surface area contributed by atoms with E-state index in [9.17, 15) is 4.79 Å². The highest BCUT2D eigenvalue weighted by atomic mass is 32.2. The minimum Gasteiger partial charge on any atom is -0.309 e. The molecule has 138 valence electrons. The summed E-state index contributed by atoms with van der Waals surface area (Å²) in [6.45, 7) is 7.98. The fourth-order valence-electron chi connectivity index (χ4n) is 2.78. The zero-order valence-corrected chi connectivity index (χ0v) is 17.0. The van der Waals surface area contributed by atoms with Crippen LogP contribution in [0.2, 0.25) is 0 Å². The summed E-state index contributed by atoms with van der Waals surface area (Å²) < 4.78 is 1.69. The number of hydrogen-bond acceptors (Lipinski definition) is 7. The van der Waals surface area contributed by atoms with Crippen molar-refractivity contribution < 1.29 is 0 Å². The Morgan fingerprint density at radius 3 is 2.67 bits per heavy atom. The smallest absolute Gasteiger partial charge is 0.259 e. The van der Waals surface area contributed by atoms with Crippen LogP contribution in [0.5, 0.6) is 0 Å². The van der Waals surface area contributed by atoms with Crippen LogP contribution < -0.4 is 5.56 Å². The maximum atomic E-state index is 12.5. The molecule has 0 bridgehead atoms. The minimum absolute atomic E-state index is 0.0950. The summed E-state index contributed by atoms with van der Waals surface area (Å²) in [6, 6.07) is 7.99. The zero-order valence-electron chi connectivity index (χ0n) is 15.3. The van der Waals surface area contributed by atoms with Crippen LogP contribution in [-0.2, 0) is 0 Å². The first-order valence-electron chi connectivity index (χ1n) is 8.46. The fourth-order valence-corrected chi connectivity index (χ4v) is 4.68. The normalized spacial score (nSPS) is 12.6. The van der Waals surface area contributed by atoms with Gasteiger partial charge in [0.2, 0.25) is 5.16 Å². The third-order valence-electron chi connectivity index (χ3n) is 4.44. The van der Waals surface area contributed by atoms with Gasteiger partial charge in [-0.05, 0) is 55.8 Å². The summed E-state index contributed by atoms with van der Waals surface area (Å²) in [6.07, 6.45) is 0. The first-order chi connectivity index (χ1) is 12.9. The third kappa shape index (κ3) is 3.28. The monoisotopic (exact) mass is 398 g/mol. The molecule has 4 aromatic rings. The Kier molecular flexibility index (Phi) is 4.56. The van der Waals surface area contributed by atoms with Crippen LogP contribution in [0.15, 0.2) is 34.2 Å². The van der Waals surface area contributed by atoms with E-state index in [1.807, 2.05) is 52.0 Å². The van der Waals surface area contributed by atoms with E-state index in [0.717, 1.165) is 21.0 Å². The molecular weight excluding hydrogens is 380 g/mol. The highest BCUT2D eigenvalue weighted by molar-refractivity contribution is 7.99. The van der Waals surface area contributed by atoms with E-state index in [1.165, 1.54) is 17.3 Å². The number of hydrogen-bond donors (Lipinski definition) is 1. The van der Waals surface area contributed by atoms with Gasteiger partial charge in [0.25, 0.3) is 5.56 Å². The summed E-state index contributed by atoms with van der Waals surface area (Å²) in [5, 5.41) is 13.2. The summed E-state index contributed by atoms with van der Waals surface area (Å²) in [4.78, 5) is 22.0. The van der Waals surface area contributed by atoms with Crippen LogP contribution in [0.4, 0.5) is 0 Å². The molecule has 27 heavy (non-hydrogen) atoms. The van der Waals surface area contributed by atoms with Gasteiger partial charge in [-0.25, -0.2) is 4.98 Å². The van der Waals surface area contributed by atoms with E-state index in [-0.39, 0.29) is 10.8 Å². The molecule has 0 saturated heterocycles. The van der Waals surface area contributed by atoms with E-state index in [0.29, 0.717) is 16.4 Å². The number of fused-ring (bicyclic) bond motifs is 1. The quantitative estimate of drug-likeness (QED) is 0.527. The molecule has 0 aliphatic heterocycles. The van der Waals surface area contributed by atoms with Crippen molar-refractivity contribution in [2.75, 3.05) is 0 Å². The second-order valence-corrected chi connectivity index (χ2v) is 8.89. The maximum Gasteiger partial charge on any atom is 0.259 e. The molecule has 1 N–H and O–H groups in total. The highest BCUT2D eigenvalue weighted by Gasteiger charge is 2.19. The largest absolute Gasteiger partial charge is 0.309 e. The number of thiophene rings is 1. The second kappa shape index (κ2) is 6.90. The summed E-state index contributed by atoms with van der Waals surface area (Å²) in [7, 11) is 0. The SMILES string of the molecule is Cc1ccc(-n2nnnc2SC(C)c2nc3sc(C)c(C)c3c(=O)[nH]2)cc1. The Balaban J connectivity index is 1.66. The number of rotatable bonds is 4. The van der Waals surface area contributed by atoms with Gasteiger partial charge in [0.1, 0.15) is 10.7 Å². The van der Waals surface area contributed by atoms with Gasteiger partial charge in [-0.3, -0.25) is 4.79 Å². The number of thioether (sulfide) groups is 1. The van der Waals surface area contributed by atoms with Crippen LogP contribution >= 0.6 is 23.1 Å². The minimum atomic E-state index is -0.111. The van der Waals surface area contributed by atoms with E-state index in [2.05, 4.69) is 25.5 Å². The van der Waals surface area contributed by atoms with Crippen molar-refractivity contribution in [1.29, 1.82) is 0 Å². The zero-order chi connectivity index (χ0) is 19.1. The van der Waals surface area contributed by atoms with Crippen molar-refractivity contribution in [3.63, 3.8) is 0 Å². The summed E-state index contributed by atoms with van der Waals surface area (Å²) >= 11 is 3.00. The fraction of sp³-hybridized carbons (Fsp3) is 0.278. The molecule has 0 amide bonds. The first kappa shape index (κ1) is 17.9. The molecule has 0 saturated carbocycles. The molecule has 1 unspecified atom stereocenters. The highest BCUT2D eigenvalue weighted by Crippen LogP contribution is 2.34. The number of aryl methyl sites for hydroxylation is 3. The Bertz CT molecular complexity index is 1180. The third-order valence-corrected chi connectivity index (χ3v) is 6.59. The molecule has 0 fully saturated rings. The van der Waals surface area contributed by atoms with Gasteiger partial charge < -0.3 is 4.98 Å². The summed E-state index contributed by atoms with van der Waals surface area (Å²) in [5.41, 5.74) is 2.97. The molecule has 0 spiro atoms. The number of nitrogens with one attached hydrogen (secondary N) is 1. The predicted octanol–water partition coefficient (Wildman–Crippen LogP) is 3.74. The van der Waals surface area contributed by atoms with Crippen LogP contribution in [0.1, 0.15) is 34.0 Å². The van der Waals surface area contributed by atoms with Crippen molar-refractivity contribution in [2.24, 2.45) is 0 Å². The number of nitrogens with zero attached hydrogens (tertiary/aromatic N) is 5. The number of H-pyrrole nitrogens is 1. The number of aromatic nitrogens is 6. The maximum absolute atomic E-state index is 12.5. The molecular formula is C18H18N6OS2. The van der Waals surface area contributed by atoms with Crippen molar-refractivity contribution in [3.05, 3.63) is 56.4 Å². The number of tetrazole rings is 1. The number of benzene rings is 1. The van der Waals surface area contributed by atoms with E-state index in [4.69, 9.17) is 0 Å². The summed E-state index contributed by atoms with van der Waals surface area (Å²) in [5.74, 6) is 0.622. The molecule has 1 aromatic carbocycles. The van der Waals surface area contributed by atoms with Gasteiger partial charge >= 0.3 is 0 Å². The van der Waals surface area contributed by atoms with Gasteiger partial charge in [0.15, 0.2) is 0 Å². The molecule has 3 heterocycles. The van der Waals surface area contributed by atoms with Crippen molar-refractivity contribution in [3.8, 4) is 5.69 Å². The van der Waals surface area contributed by atoms with Crippen LogP contribution in [0, 0.1) is 20.8 Å². The molecule has 0 aliphatic rings. The number of aromatic amines is 1. The van der Waals surface area contributed by atoms with Crippen molar-refractivity contribution in [1.82, 2.24) is 30.2 Å². The molecule has 4 rings (SSSR count). The molecule has 1 atom stereocenters. The topological polar surface area (TPSA) is 89.3 Å². The Morgan fingerprint density at radius 1 is 1.19 bits per heavy atom. The average molecular weight is 399 g/mol. The van der Waals surface area contributed by atoms with E-state index < -0.39 is 0 Å². The van der Waals surface area contributed by atoms with Crippen LogP contribution in [0.3, 0.4) is 0 Å². The predicted molar refractivity (Wildman–Crippen MR) is 108 cm³/mol. The van der Waals surface area contributed by atoms with Crippen LogP contribution in [-0.4, -0.2) is 30.2 Å². The molecule has 0 radical (unpaired) electrons. The molecule has 3 aromatic heterocycles. The van der Waals surface area contributed by atoms with E-state index >= 15 is 0 Å². The average Bonchev–Trinajstić information content (AvgIpc) is 3.20. The lowest BCUT2D eigenvalue weighted by molar-refractivity contribution is 0.753. The van der Waals surface area contributed by atoms with Crippen molar-refractivity contribution >= 4 is 33.3 Å². The van der Waals surface area contributed by atoms with Gasteiger partial charge in [-0.1, -0.05) is 29.5 Å². The lowest BCUT2D eigenvalue weighted by Gasteiger charge is -2.10. The van der Waals surface area contributed by atoms with Gasteiger partial charge in [0.05, 0.1) is 16.3 Å². The van der Waals surface area contributed by atoms with E-state index in [1.54, 1.807) is 16.0 Å². The lowest BCUT2D eigenvalue weighted by Crippen LogP contribution is -2.12. The molecule has 0 aliphatic carbocycles. The molecule has 9 heteroatoms. The Morgan fingerprint density at radius 2 is 1.93 bits per heavy atom. The standard InChI is InChI=1S/C18H18N6OS2/c1-9-5-7-13(8-6-9)24-18(21-22-23-24)27-12(4)15-19-16(25)14-10(2)11(3)26-17(14)20-15/h5-8,12H,1-4H3,(H,19,20,25). The van der Waals surface area contributed by atoms with Crippen LogP contribution in [0.25, 0.3) is 15.9 Å². The van der Waals surface area contributed by atoms with Gasteiger partial charge in [0, 0.05) is 4.88 Å². The van der Waals surface area contributed by atoms with Gasteiger partial charge in [-0.15, -0.1) is 16.4 Å². The van der Waals surface area contributed by atoms with Crippen molar-refractivity contribution in [2.45, 2.75) is 38.1 Å². The first-order valence-corrected chi connectivity index (χ1v) is 10.2. The lowest BCUT2D eigenvalue weighted by atomic mass is 10.2. The Hall–Kier alpha value is -2.52.